The maximum absolute atomic E-state index is 12.5. The summed E-state index contributed by atoms with van der Waals surface area (Å²) in [6.07, 6.45) is 5.06. The highest BCUT2D eigenvalue weighted by Crippen LogP contribution is 2.24. The van der Waals surface area contributed by atoms with E-state index in [1.54, 1.807) is 13.4 Å². The minimum atomic E-state index is 0.174. The predicted molar refractivity (Wildman–Crippen MR) is 93.7 cm³/mol. The molecule has 2 heterocycles. The topological polar surface area (TPSA) is 60.2 Å². The Kier molecular flexibility index (Phi) is 5.40. The number of hydrogen-bond donors (Lipinski definition) is 0. The molecular weight excluding hydrogens is 324 g/mol. The Morgan fingerprint density at radius 1 is 1.42 bits per heavy atom. The second kappa shape index (κ2) is 7.70. The Labute approximate surface area is 146 Å². The Bertz CT molecular complexity index is 703. The van der Waals surface area contributed by atoms with Crippen molar-refractivity contribution in [1.82, 2.24) is 19.7 Å². The molecule has 1 aliphatic heterocycles. The molecule has 1 atom stereocenters. The van der Waals surface area contributed by atoms with E-state index in [9.17, 15) is 4.79 Å². The molecule has 1 fully saturated rings. The zero-order chi connectivity index (χ0) is 16.9. The molecule has 0 saturated carbocycles. The molecule has 7 heteroatoms. The van der Waals surface area contributed by atoms with Crippen LogP contribution in [0.2, 0.25) is 0 Å². The molecule has 0 aliphatic carbocycles. The van der Waals surface area contributed by atoms with Crippen molar-refractivity contribution in [3.8, 4) is 11.4 Å². The lowest BCUT2D eigenvalue weighted by molar-refractivity contribution is -0.131. The molecule has 0 unspecified atom stereocenters. The number of ether oxygens (including phenoxy) is 1. The lowest BCUT2D eigenvalue weighted by Gasteiger charge is -2.33. The first-order valence-corrected chi connectivity index (χ1v) is 9.14. The van der Waals surface area contributed by atoms with Gasteiger partial charge in [-0.1, -0.05) is 17.8 Å². The second-order valence-electron chi connectivity index (χ2n) is 5.91. The van der Waals surface area contributed by atoms with Gasteiger partial charge in [-0.05, 0) is 38.3 Å². The molecule has 1 aromatic heterocycles. The van der Waals surface area contributed by atoms with E-state index < -0.39 is 0 Å². The molecule has 0 bridgehead atoms. The predicted octanol–water partition coefficient (Wildman–Crippen LogP) is 2.77. The first-order chi connectivity index (χ1) is 11.7. The molecule has 0 N–H and O–H groups in total. The smallest absolute Gasteiger partial charge is 0.233 e. The van der Waals surface area contributed by atoms with Crippen LogP contribution in [0.15, 0.2) is 35.7 Å². The standard InChI is InChI=1S/C17H22N4O2S/c1-13-6-3-4-9-20(13)16(22)11-24-17-19-18-12-21(17)14-7-5-8-15(10-14)23-2/h5,7-8,10,12-13H,3-4,6,9,11H2,1-2H3/t13-/m1/s1. The third-order valence-electron chi connectivity index (χ3n) is 4.30. The van der Waals surface area contributed by atoms with Crippen LogP contribution in [0.4, 0.5) is 0 Å². The van der Waals surface area contributed by atoms with E-state index in [0.717, 1.165) is 30.8 Å². The quantitative estimate of drug-likeness (QED) is 0.779. The van der Waals surface area contributed by atoms with Gasteiger partial charge in [0, 0.05) is 18.7 Å². The van der Waals surface area contributed by atoms with Crippen molar-refractivity contribution in [2.24, 2.45) is 0 Å². The van der Waals surface area contributed by atoms with Gasteiger partial charge in [-0.2, -0.15) is 0 Å². The van der Waals surface area contributed by atoms with E-state index in [1.165, 1.54) is 18.2 Å². The summed E-state index contributed by atoms with van der Waals surface area (Å²) in [4.78, 5) is 14.5. The number of amides is 1. The van der Waals surface area contributed by atoms with Crippen molar-refractivity contribution in [3.63, 3.8) is 0 Å². The Morgan fingerprint density at radius 3 is 3.08 bits per heavy atom. The van der Waals surface area contributed by atoms with Crippen LogP contribution < -0.4 is 4.74 Å². The molecule has 1 amide bonds. The second-order valence-corrected chi connectivity index (χ2v) is 6.85. The van der Waals surface area contributed by atoms with Crippen molar-refractivity contribution in [2.75, 3.05) is 19.4 Å². The van der Waals surface area contributed by atoms with Crippen molar-refractivity contribution >= 4 is 17.7 Å². The van der Waals surface area contributed by atoms with Gasteiger partial charge in [0.25, 0.3) is 0 Å². The number of carbonyl (C=O) groups is 1. The van der Waals surface area contributed by atoms with Crippen LogP contribution in [-0.2, 0) is 4.79 Å². The Balaban J connectivity index is 1.68. The third kappa shape index (κ3) is 3.72. The summed E-state index contributed by atoms with van der Waals surface area (Å²) >= 11 is 1.42. The lowest BCUT2D eigenvalue weighted by Crippen LogP contribution is -2.42. The highest BCUT2D eigenvalue weighted by Gasteiger charge is 2.23. The van der Waals surface area contributed by atoms with Gasteiger partial charge in [0.15, 0.2) is 5.16 Å². The molecular formula is C17H22N4O2S. The Hall–Kier alpha value is -2.02. The van der Waals surface area contributed by atoms with Crippen molar-refractivity contribution in [3.05, 3.63) is 30.6 Å². The highest BCUT2D eigenvalue weighted by atomic mass is 32.2. The van der Waals surface area contributed by atoms with Crippen LogP contribution in [0.5, 0.6) is 5.75 Å². The minimum absolute atomic E-state index is 0.174. The lowest BCUT2D eigenvalue weighted by atomic mass is 10.0. The third-order valence-corrected chi connectivity index (χ3v) is 5.22. The molecule has 1 aliphatic rings. The number of carbonyl (C=O) groups excluding carboxylic acids is 1. The summed E-state index contributed by atoms with van der Waals surface area (Å²) in [5, 5.41) is 8.84. The van der Waals surface area contributed by atoms with Gasteiger partial charge in [-0.25, -0.2) is 0 Å². The Morgan fingerprint density at radius 2 is 2.29 bits per heavy atom. The minimum Gasteiger partial charge on any atom is -0.497 e. The van der Waals surface area contributed by atoms with Crippen LogP contribution in [0.1, 0.15) is 26.2 Å². The normalized spacial score (nSPS) is 17.8. The van der Waals surface area contributed by atoms with E-state index in [4.69, 9.17) is 4.74 Å². The zero-order valence-corrected chi connectivity index (χ0v) is 14.8. The summed E-state index contributed by atoms with van der Waals surface area (Å²) < 4.78 is 7.14. The molecule has 24 heavy (non-hydrogen) atoms. The summed E-state index contributed by atoms with van der Waals surface area (Å²) in [5.41, 5.74) is 0.917. The molecule has 1 saturated heterocycles. The van der Waals surface area contributed by atoms with E-state index in [1.807, 2.05) is 33.7 Å². The van der Waals surface area contributed by atoms with Crippen LogP contribution in [0.25, 0.3) is 5.69 Å². The molecule has 128 valence electrons. The van der Waals surface area contributed by atoms with Crippen molar-refractivity contribution in [2.45, 2.75) is 37.4 Å². The van der Waals surface area contributed by atoms with Gasteiger partial charge in [-0.15, -0.1) is 10.2 Å². The van der Waals surface area contributed by atoms with E-state index >= 15 is 0 Å². The van der Waals surface area contributed by atoms with E-state index in [-0.39, 0.29) is 5.91 Å². The van der Waals surface area contributed by atoms with Gasteiger partial charge in [0.2, 0.25) is 5.91 Å². The number of likely N-dealkylation sites (tertiary alicyclic amines) is 1. The van der Waals surface area contributed by atoms with Gasteiger partial charge < -0.3 is 9.64 Å². The number of nitrogens with zero attached hydrogens (tertiary/aromatic N) is 4. The van der Waals surface area contributed by atoms with Gasteiger partial charge in [-0.3, -0.25) is 9.36 Å². The number of methoxy groups -OCH3 is 1. The summed E-state index contributed by atoms with van der Waals surface area (Å²) in [6, 6.07) is 8.03. The maximum atomic E-state index is 12.5. The zero-order valence-electron chi connectivity index (χ0n) is 14.0. The first kappa shape index (κ1) is 16.8. The fourth-order valence-corrected chi connectivity index (χ4v) is 3.75. The van der Waals surface area contributed by atoms with E-state index in [0.29, 0.717) is 17.0 Å². The fourth-order valence-electron chi connectivity index (χ4n) is 2.94. The molecule has 3 rings (SSSR count). The number of aromatic nitrogens is 3. The van der Waals surface area contributed by atoms with Crippen LogP contribution in [-0.4, -0.2) is 51.0 Å². The summed E-state index contributed by atoms with van der Waals surface area (Å²) in [6.45, 7) is 2.99. The van der Waals surface area contributed by atoms with Crippen LogP contribution >= 0.6 is 11.8 Å². The number of piperidine rings is 1. The SMILES string of the molecule is COc1cccc(-n2cnnc2SCC(=O)N2CCCC[C@H]2C)c1. The average molecular weight is 346 g/mol. The number of hydrogen-bond acceptors (Lipinski definition) is 5. The fraction of sp³-hybridized carbons (Fsp3) is 0.471. The van der Waals surface area contributed by atoms with Crippen molar-refractivity contribution in [1.29, 1.82) is 0 Å². The van der Waals surface area contributed by atoms with Gasteiger partial charge >= 0.3 is 0 Å². The molecule has 0 spiro atoms. The molecule has 6 nitrogen and oxygen atoms in total. The highest BCUT2D eigenvalue weighted by molar-refractivity contribution is 7.99. The largest absolute Gasteiger partial charge is 0.497 e. The number of benzene rings is 1. The summed E-state index contributed by atoms with van der Waals surface area (Å²) in [7, 11) is 1.64. The van der Waals surface area contributed by atoms with Gasteiger partial charge in [0.05, 0.1) is 18.6 Å². The number of rotatable bonds is 5. The monoisotopic (exact) mass is 346 g/mol. The summed E-state index contributed by atoms with van der Waals surface area (Å²) in [5.74, 6) is 1.33. The first-order valence-electron chi connectivity index (χ1n) is 8.16. The molecule has 1 aromatic carbocycles. The van der Waals surface area contributed by atoms with E-state index in [2.05, 4.69) is 17.1 Å². The maximum Gasteiger partial charge on any atom is 0.233 e. The number of thioether (sulfide) groups is 1. The molecule has 2 aromatic rings. The van der Waals surface area contributed by atoms with Crippen LogP contribution in [0.3, 0.4) is 0 Å². The molecule has 0 radical (unpaired) electrons. The average Bonchev–Trinajstić information content (AvgIpc) is 3.08. The van der Waals surface area contributed by atoms with Crippen LogP contribution in [0, 0.1) is 0 Å². The van der Waals surface area contributed by atoms with Crippen molar-refractivity contribution < 1.29 is 9.53 Å². The van der Waals surface area contributed by atoms with Gasteiger partial charge in [0.1, 0.15) is 12.1 Å².